The number of hydrogen-bond donors (Lipinski definition) is 0. The minimum atomic E-state index is 0.801. The van der Waals surface area contributed by atoms with Crippen LogP contribution in [0.5, 0.6) is 0 Å². The number of rotatable bonds is 1. The van der Waals surface area contributed by atoms with E-state index in [1.807, 2.05) is 0 Å². The van der Waals surface area contributed by atoms with E-state index in [1.165, 1.54) is 24.8 Å². The van der Waals surface area contributed by atoms with E-state index in [1.54, 1.807) is 0 Å². The van der Waals surface area contributed by atoms with Crippen molar-refractivity contribution < 1.29 is 0 Å². The monoisotopic (exact) mass is 124 g/mol. The van der Waals surface area contributed by atoms with Crippen LogP contribution in [-0.2, 0) is 0 Å². The van der Waals surface area contributed by atoms with E-state index < -0.39 is 0 Å². The molecular formula is C9H16. The molecule has 1 rings (SSSR count). The molecule has 0 heterocycles. The SMILES string of the molecule is C=C1C(C)CCC1CC. The van der Waals surface area contributed by atoms with E-state index in [2.05, 4.69) is 20.4 Å². The highest BCUT2D eigenvalue weighted by molar-refractivity contribution is 5.09. The fraction of sp³-hybridized carbons (Fsp3) is 0.778. The van der Waals surface area contributed by atoms with Gasteiger partial charge in [-0.2, -0.15) is 0 Å². The van der Waals surface area contributed by atoms with Crippen molar-refractivity contribution in [1.82, 2.24) is 0 Å². The van der Waals surface area contributed by atoms with Gasteiger partial charge >= 0.3 is 0 Å². The lowest BCUT2D eigenvalue weighted by Crippen LogP contribution is -1.95. The zero-order valence-electron chi connectivity index (χ0n) is 6.48. The van der Waals surface area contributed by atoms with Gasteiger partial charge in [0, 0.05) is 0 Å². The van der Waals surface area contributed by atoms with Gasteiger partial charge in [0.15, 0.2) is 0 Å². The first kappa shape index (κ1) is 6.85. The predicted octanol–water partition coefficient (Wildman–Crippen LogP) is 3.00. The maximum atomic E-state index is 4.09. The zero-order valence-corrected chi connectivity index (χ0v) is 6.48. The van der Waals surface area contributed by atoms with Crippen LogP contribution < -0.4 is 0 Å². The average molecular weight is 124 g/mol. The first-order chi connectivity index (χ1) is 4.25. The molecule has 0 amide bonds. The Bertz CT molecular complexity index is 113. The van der Waals surface area contributed by atoms with Crippen LogP contribution >= 0.6 is 0 Å². The van der Waals surface area contributed by atoms with Gasteiger partial charge in [0.1, 0.15) is 0 Å². The third kappa shape index (κ3) is 1.17. The molecule has 0 bridgehead atoms. The molecule has 0 heteroatoms. The lowest BCUT2D eigenvalue weighted by molar-refractivity contribution is 0.607. The molecule has 1 aliphatic rings. The molecule has 0 saturated heterocycles. The lowest BCUT2D eigenvalue weighted by Gasteiger charge is -2.08. The summed E-state index contributed by atoms with van der Waals surface area (Å²) in [7, 11) is 0. The Hall–Kier alpha value is -0.260. The molecule has 0 aromatic carbocycles. The topological polar surface area (TPSA) is 0 Å². The second-order valence-electron chi connectivity index (χ2n) is 3.16. The summed E-state index contributed by atoms with van der Waals surface area (Å²) in [6.45, 7) is 8.63. The highest BCUT2D eigenvalue weighted by Gasteiger charge is 2.23. The molecule has 1 fully saturated rings. The van der Waals surface area contributed by atoms with Crippen molar-refractivity contribution in [3.8, 4) is 0 Å². The summed E-state index contributed by atoms with van der Waals surface area (Å²) < 4.78 is 0. The predicted molar refractivity (Wildman–Crippen MR) is 41.3 cm³/mol. The van der Waals surface area contributed by atoms with Crippen molar-refractivity contribution in [3.63, 3.8) is 0 Å². The maximum absolute atomic E-state index is 4.09. The summed E-state index contributed by atoms with van der Waals surface area (Å²) in [6.07, 6.45) is 4.05. The molecule has 0 nitrogen and oxygen atoms in total. The second-order valence-corrected chi connectivity index (χ2v) is 3.16. The highest BCUT2D eigenvalue weighted by atomic mass is 14.3. The van der Waals surface area contributed by atoms with Crippen LogP contribution in [-0.4, -0.2) is 0 Å². The molecule has 0 aromatic heterocycles. The molecule has 1 saturated carbocycles. The molecule has 0 N–H and O–H groups in total. The van der Waals surface area contributed by atoms with Crippen molar-refractivity contribution in [1.29, 1.82) is 0 Å². The van der Waals surface area contributed by atoms with Crippen molar-refractivity contribution in [2.75, 3.05) is 0 Å². The van der Waals surface area contributed by atoms with Crippen LogP contribution in [0.1, 0.15) is 33.1 Å². The first-order valence-electron chi connectivity index (χ1n) is 3.94. The Kier molecular flexibility index (Phi) is 1.94. The summed E-state index contributed by atoms with van der Waals surface area (Å²) in [6, 6.07) is 0. The maximum Gasteiger partial charge on any atom is -0.0206 e. The Labute approximate surface area is 58.0 Å². The molecule has 0 aliphatic heterocycles. The normalized spacial score (nSPS) is 35.6. The largest absolute Gasteiger partial charge is 0.0993 e. The van der Waals surface area contributed by atoms with Gasteiger partial charge in [0.2, 0.25) is 0 Å². The first-order valence-corrected chi connectivity index (χ1v) is 3.94. The summed E-state index contributed by atoms with van der Waals surface area (Å²) in [4.78, 5) is 0. The van der Waals surface area contributed by atoms with Crippen LogP contribution in [0.25, 0.3) is 0 Å². The van der Waals surface area contributed by atoms with Crippen LogP contribution in [0, 0.1) is 11.8 Å². The molecule has 2 unspecified atom stereocenters. The smallest absolute Gasteiger partial charge is 0.0206 e. The van der Waals surface area contributed by atoms with Crippen LogP contribution in [0.15, 0.2) is 12.2 Å². The minimum absolute atomic E-state index is 0.801. The van der Waals surface area contributed by atoms with E-state index in [9.17, 15) is 0 Å². The zero-order chi connectivity index (χ0) is 6.85. The van der Waals surface area contributed by atoms with Crippen molar-refractivity contribution in [2.24, 2.45) is 11.8 Å². The van der Waals surface area contributed by atoms with Gasteiger partial charge in [-0.3, -0.25) is 0 Å². The van der Waals surface area contributed by atoms with Gasteiger partial charge in [0.25, 0.3) is 0 Å². The van der Waals surface area contributed by atoms with Crippen LogP contribution in [0.3, 0.4) is 0 Å². The molecule has 1 aliphatic carbocycles. The van der Waals surface area contributed by atoms with Crippen LogP contribution in [0.2, 0.25) is 0 Å². The average Bonchev–Trinajstić information content (AvgIpc) is 2.15. The fourth-order valence-electron chi connectivity index (χ4n) is 1.69. The van der Waals surface area contributed by atoms with Crippen molar-refractivity contribution >= 4 is 0 Å². The summed E-state index contributed by atoms with van der Waals surface area (Å²) >= 11 is 0. The molecule has 2 atom stereocenters. The third-order valence-corrected chi connectivity index (χ3v) is 2.60. The second kappa shape index (κ2) is 2.55. The van der Waals surface area contributed by atoms with Crippen LogP contribution in [0.4, 0.5) is 0 Å². The minimum Gasteiger partial charge on any atom is -0.0993 e. The third-order valence-electron chi connectivity index (χ3n) is 2.60. The van der Waals surface area contributed by atoms with Crippen molar-refractivity contribution in [2.45, 2.75) is 33.1 Å². The Morgan fingerprint density at radius 3 is 2.44 bits per heavy atom. The number of hydrogen-bond acceptors (Lipinski definition) is 0. The Morgan fingerprint density at radius 2 is 2.22 bits per heavy atom. The van der Waals surface area contributed by atoms with Gasteiger partial charge < -0.3 is 0 Å². The molecule has 0 radical (unpaired) electrons. The quantitative estimate of drug-likeness (QED) is 0.471. The van der Waals surface area contributed by atoms with Gasteiger partial charge in [-0.25, -0.2) is 0 Å². The summed E-state index contributed by atoms with van der Waals surface area (Å²) in [5.74, 6) is 1.65. The standard InChI is InChI=1S/C9H16/c1-4-9-6-5-7(2)8(9)3/h7,9H,3-6H2,1-2H3. The molecule has 52 valence electrons. The van der Waals surface area contributed by atoms with Gasteiger partial charge in [-0.05, 0) is 31.1 Å². The van der Waals surface area contributed by atoms with Gasteiger partial charge in [-0.1, -0.05) is 26.0 Å². The van der Waals surface area contributed by atoms with Crippen molar-refractivity contribution in [3.05, 3.63) is 12.2 Å². The van der Waals surface area contributed by atoms with E-state index in [4.69, 9.17) is 0 Å². The molecule has 9 heavy (non-hydrogen) atoms. The summed E-state index contributed by atoms with van der Waals surface area (Å²) in [5.41, 5.74) is 1.50. The molecule has 0 aromatic rings. The Balaban J connectivity index is 2.51. The molecular weight excluding hydrogens is 108 g/mol. The van der Waals surface area contributed by atoms with E-state index >= 15 is 0 Å². The highest BCUT2D eigenvalue weighted by Crippen LogP contribution is 2.36. The summed E-state index contributed by atoms with van der Waals surface area (Å²) in [5, 5.41) is 0. The van der Waals surface area contributed by atoms with E-state index in [0.29, 0.717) is 0 Å². The van der Waals surface area contributed by atoms with Gasteiger partial charge in [-0.15, -0.1) is 0 Å². The molecule has 0 spiro atoms. The fourth-order valence-corrected chi connectivity index (χ4v) is 1.69. The Morgan fingerprint density at radius 1 is 1.56 bits per heavy atom. The van der Waals surface area contributed by atoms with E-state index in [0.717, 1.165) is 11.8 Å². The van der Waals surface area contributed by atoms with E-state index in [-0.39, 0.29) is 0 Å². The van der Waals surface area contributed by atoms with Gasteiger partial charge in [0.05, 0.1) is 0 Å². The number of allylic oxidation sites excluding steroid dienone is 1. The lowest BCUT2D eigenvalue weighted by atomic mass is 9.98.